The lowest BCUT2D eigenvalue weighted by atomic mass is 10.0. The molecule has 0 bridgehead atoms. The van der Waals surface area contributed by atoms with Gasteiger partial charge in [-0.15, -0.1) is 0 Å². The molecule has 9 heteroatoms. The van der Waals surface area contributed by atoms with Crippen LogP contribution >= 0.6 is 11.8 Å². The Labute approximate surface area is 223 Å². The fourth-order valence-corrected chi connectivity index (χ4v) is 5.10. The van der Waals surface area contributed by atoms with Crippen LogP contribution in [0.5, 0.6) is 0 Å². The van der Waals surface area contributed by atoms with Crippen molar-refractivity contribution in [3.63, 3.8) is 0 Å². The molecule has 8 nitrogen and oxygen atoms in total. The van der Waals surface area contributed by atoms with Gasteiger partial charge in [0.1, 0.15) is 0 Å². The number of carbonyl (C=O) groups excluding carboxylic acids is 1. The normalized spacial score (nSPS) is 11.0. The summed E-state index contributed by atoms with van der Waals surface area (Å²) in [6.07, 6.45) is 1.92. The summed E-state index contributed by atoms with van der Waals surface area (Å²) < 4.78 is 1.83. The lowest BCUT2D eigenvalue weighted by Gasteiger charge is -2.11. The van der Waals surface area contributed by atoms with Crippen molar-refractivity contribution in [3.05, 3.63) is 106 Å². The summed E-state index contributed by atoms with van der Waals surface area (Å²) in [5.74, 6) is -0.378. The summed E-state index contributed by atoms with van der Waals surface area (Å²) in [7, 11) is 0. The Morgan fingerprint density at radius 2 is 1.79 bits per heavy atom. The average Bonchev–Trinajstić information content (AvgIpc) is 3.29. The van der Waals surface area contributed by atoms with Crippen LogP contribution in [0.25, 0.3) is 22.2 Å². The maximum atomic E-state index is 13.6. The number of benzene rings is 3. The van der Waals surface area contributed by atoms with Crippen molar-refractivity contribution in [3.8, 4) is 11.3 Å². The summed E-state index contributed by atoms with van der Waals surface area (Å²) in [5, 5.41) is 19.7. The number of fused-ring (bicyclic) bond motifs is 1. The Bertz CT molecular complexity index is 1680. The van der Waals surface area contributed by atoms with Gasteiger partial charge in [0.2, 0.25) is 0 Å². The smallest absolute Gasteiger partial charge is 0.272 e. The predicted molar refractivity (Wildman–Crippen MR) is 150 cm³/mol. The number of amides is 1. The van der Waals surface area contributed by atoms with E-state index in [1.807, 2.05) is 80.2 Å². The van der Waals surface area contributed by atoms with Gasteiger partial charge in [0.15, 0.2) is 0 Å². The van der Waals surface area contributed by atoms with Crippen LogP contribution in [0, 0.1) is 24.0 Å². The third-order valence-corrected chi connectivity index (χ3v) is 7.10. The number of nitrogens with one attached hydrogen (secondary N) is 1. The Balaban J connectivity index is 1.53. The quantitative estimate of drug-likeness (QED) is 0.181. The number of rotatable bonds is 7. The summed E-state index contributed by atoms with van der Waals surface area (Å²) in [6.45, 7) is 6.64. The maximum Gasteiger partial charge on any atom is 0.272 e. The van der Waals surface area contributed by atoms with Crippen LogP contribution in [0.1, 0.15) is 28.5 Å². The molecule has 0 fully saturated rings. The minimum atomic E-state index is -0.455. The van der Waals surface area contributed by atoms with Crippen molar-refractivity contribution < 1.29 is 9.72 Å². The first-order valence-corrected chi connectivity index (χ1v) is 12.9. The zero-order chi connectivity index (χ0) is 26.8. The summed E-state index contributed by atoms with van der Waals surface area (Å²) in [5.41, 5.74) is 4.78. The van der Waals surface area contributed by atoms with Crippen molar-refractivity contribution in [2.45, 2.75) is 37.1 Å². The molecule has 0 spiro atoms. The fourth-order valence-electron chi connectivity index (χ4n) is 4.19. The van der Waals surface area contributed by atoms with E-state index in [0.29, 0.717) is 32.7 Å². The van der Waals surface area contributed by atoms with Gasteiger partial charge in [0.25, 0.3) is 11.6 Å². The molecule has 38 heavy (non-hydrogen) atoms. The van der Waals surface area contributed by atoms with Gasteiger partial charge in [-0.3, -0.25) is 19.6 Å². The van der Waals surface area contributed by atoms with Gasteiger partial charge in [0, 0.05) is 51.3 Å². The summed E-state index contributed by atoms with van der Waals surface area (Å²) in [4.78, 5) is 31.2. The number of carbonyl (C=O) groups is 1. The van der Waals surface area contributed by atoms with Gasteiger partial charge < -0.3 is 5.32 Å². The largest absolute Gasteiger partial charge is 0.322 e. The van der Waals surface area contributed by atoms with Crippen LogP contribution in [0.4, 0.5) is 11.4 Å². The summed E-state index contributed by atoms with van der Waals surface area (Å²) >= 11 is 1.40. The lowest BCUT2D eigenvalue weighted by Crippen LogP contribution is -2.13. The Morgan fingerprint density at radius 1 is 1.03 bits per heavy atom. The lowest BCUT2D eigenvalue weighted by molar-refractivity contribution is -0.385. The first kappa shape index (κ1) is 25.2. The van der Waals surface area contributed by atoms with Crippen molar-refractivity contribution in [2.75, 3.05) is 5.32 Å². The molecule has 0 aliphatic heterocycles. The van der Waals surface area contributed by atoms with Gasteiger partial charge in [-0.05, 0) is 51.1 Å². The number of aromatic nitrogens is 3. The Morgan fingerprint density at radius 3 is 2.50 bits per heavy atom. The van der Waals surface area contributed by atoms with E-state index in [0.717, 1.165) is 28.3 Å². The number of nitrogens with zero attached hydrogens (tertiary/aromatic N) is 4. The van der Waals surface area contributed by atoms with E-state index in [1.54, 1.807) is 12.1 Å². The van der Waals surface area contributed by atoms with Gasteiger partial charge >= 0.3 is 0 Å². The molecule has 0 aliphatic rings. The second-order valence-electron chi connectivity index (χ2n) is 8.90. The average molecular weight is 524 g/mol. The molecule has 5 rings (SSSR count). The van der Waals surface area contributed by atoms with E-state index in [2.05, 4.69) is 10.4 Å². The highest BCUT2D eigenvalue weighted by molar-refractivity contribution is 7.99. The monoisotopic (exact) mass is 523 g/mol. The van der Waals surface area contributed by atoms with Crippen LogP contribution in [0.2, 0.25) is 0 Å². The second-order valence-corrected chi connectivity index (χ2v) is 10.0. The van der Waals surface area contributed by atoms with Crippen molar-refractivity contribution in [1.29, 1.82) is 0 Å². The number of pyridine rings is 1. The second kappa shape index (κ2) is 10.5. The molecule has 1 amide bonds. The summed E-state index contributed by atoms with van der Waals surface area (Å²) in [6, 6.07) is 21.7. The minimum absolute atomic E-state index is 0.0970. The number of hydrogen-bond donors (Lipinski definition) is 1. The highest BCUT2D eigenvalue weighted by atomic mass is 32.2. The number of non-ortho nitro benzene ring substituents is 1. The molecule has 1 N–H and O–H groups in total. The van der Waals surface area contributed by atoms with Gasteiger partial charge in [-0.2, -0.15) is 5.10 Å². The Kier molecular flexibility index (Phi) is 6.93. The Hall–Kier alpha value is -4.50. The molecule has 0 saturated carbocycles. The number of para-hydroxylation sites is 1. The van der Waals surface area contributed by atoms with Gasteiger partial charge in [0.05, 0.1) is 27.4 Å². The molecule has 5 aromatic rings. The van der Waals surface area contributed by atoms with Crippen LogP contribution in [0.15, 0.2) is 88.8 Å². The molecule has 2 heterocycles. The maximum absolute atomic E-state index is 13.6. The number of anilines is 1. The molecule has 3 aromatic carbocycles. The van der Waals surface area contributed by atoms with Crippen LogP contribution < -0.4 is 5.32 Å². The van der Waals surface area contributed by atoms with E-state index in [9.17, 15) is 14.9 Å². The molecular formula is C29H25N5O3S. The molecule has 0 saturated heterocycles. The van der Waals surface area contributed by atoms with Crippen molar-refractivity contribution in [1.82, 2.24) is 14.8 Å². The van der Waals surface area contributed by atoms with Crippen LogP contribution in [-0.2, 0) is 6.54 Å². The molecule has 0 unspecified atom stereocenters. The zero-order valence-electron chi connectivity index (χ0n) is 21.1. The van der Waals surface area contributed by atoms with E-state index < -0.39 is 4.92 Å². The molecule has 0 radical (unpaired) electrons. The van der Waals surface area contributed by atoms with Crippen LogP contribution in [-0.4, -0.2) is 25.6 Å². The number of aryl methyl sites for hydroxylation is 3. The molecular weight excluding hydrogens is 498 g/mol. The fraction of sp³-hybridized carbons (Fsp3) is 0.138. The predicted octanol–water partition coefficient (Wildman–Crippen LogP) is 7.05. The van der Waals surface area contributed by atoms with E-state index in [4.69, 9.17) is 4.98 Å². The van der Waals surface area contributed by atoms with Gasteiger partial charge in [-0.25, -0.2) is 4.98 Å². The van der Waals surface area contributed by atoms with E-state index in [-0.39, 0.29) is 11.6 Å². The molecule has 190 valence electrons. The third-order valence-electron chi connectivity index (χ3n) is 6.12. The third kappa shape index (κ3) is 5.28. The highest BCUT2D eigenvalue weighted by Crippen LogP contribution is 2.34. The standard InChI is InChI=1S/C29H25N5O3S/c1-4-33-17-26(19(3)32-33)28-16-25(24-7-5-6-8-27(24)31-28)29(35)30-20-13-21(34(36)37)15-23(14-20)38-22-11-9-18(2)10-12-22/h5-17H,4H2,1-3H3,(H,30,35). The SMILES string of the molecule is CCn1cc(-c2cc(C(=O)Nc3cc(Sc4ccc(C)cc4)cc([N+](=O)[O-])c3)c3ccccc3n2)c(C)n1. The van der Waals surface area contributed by atoms with E-state index >= 15 is 0 Å². The van der Waals surface area contributed by atoms with Crippen LogP contribution in [0.3, 0.4) is 0 Å². The first-order chi connectivity index (χ1) is 18.3. The topological polar surface area (TPSA) is 103 Å². The number of nitro groups is 1. The van der Waals surface area contributed by atoms with Gasteiger partial charge in [-0.1, -0.05) is 47.7 Å². The minimum Gasteiger partial charge on any atom is -0.322 e. The molecule has 2 aromatic heterocycles. The number of nitro benzene ring substituents is 1. The first-order valence-electron chi connectivity index (χ1n) is 12.1. The van der Waals surface area contributed by atoms with E-state index in [1.165, 1.54) is 23.9 Å². The van der Waals surface area contributed by atoms with Crippen molar-refractivity contribution >= 4 is 39.9 Å². The zero-order valence-corrected chi connectivity index (χ0v) is 22.0. The number of hydrogen-bond acceptors (Lipinski definition) is 6. The molecule has 0 atom stereocenters. The highest BCUT2D eigenvalue weighted by Gasteiger charge is 2.18. The van der Waals surface area contributed by atoms with Crippen molar-refractivity contribution in [2.24, 2.45) is 0 Å². The molecule has 0 aliphatic carbocycles.